The first-order valence-corrected chi connectivity index (χ1v) is 22.5. The lowest BCUT2D eigenvalue weighted by atomic mass is 10.5. The molecule has 0 aromatic rings. The minimum Gasteiger partial charge on any atom is -0.437 e. The molecule has 0 unspecified atom stereocenters. The zero-order chi connectivity index (χ0) is 21.1. The van der Waals surface area contributed by atoms with Crippen molar-refractivity contribution in [3.8, 4) is 0 Å². The van der Waals surface area contributed by atoms with E-state index >= 15 is 0 Å². The molecule has 0 heterocycles. The van der Waals surface area contributed by atoms with Gasteiger partial charge in [-0.2, -0.15) is 0 Å². The van der Waals surface area contributed by atoms with Crippen LogP contribution in [0.25, 0.3) is 0 Å². The maximum Gasteiger partial charge on any atom is 0.314 e. The molecular weight excluding hydrogens is 393 g/mol. The molecule has 0 rings (SSSR count). The summed E-state index contributed by atoms with van der Waals surface area (Å²) in [6.07, 6.45) is 2.12. The lowest BCUT2D eigenvalue weighted by Gasteiger charge is -2.38. The van der Waals surface area contributed by atoms with E-state index in [0.717, 1.165) is 38.6 Å². The van der Waals surface area contributed by atoms with E-state index in [4.69, 9.17) is 24.1 Å². The molecule has 0 aliphatic rings. The third-order valence-corrected chi connectivity index (χ3v) is 15.6. The van der Waals surface area contributed by atoms with E-state index in [1.165, 1.54) is 6.04 Å². The van der Waals surface area contributed by atoms with Crippen molar-refractivity contribution in [3.05, 3.63) is 0 Å². The smallest absolute Gasteiger partial charge is 0.314 e. The molecule has 4 N–H and O–H groups in total. The van der Waals surface area contributed by atoms with Gasteiger partial charge >= 0.3 is 8.56 Å². The first-order chi connectivity index (χ1) is 11.6. The summed E-state index contributed by atoms with van der Waals surface area (Å²) in [6, 6.07) is 2.22. The molecule has 5 nitrogen and oxygen atoms in total. The van der Waals surface area contributed by atoms with Crippen molar-refractivity contribution in [2.45, 2.75) is 90.8 Å². The Morgan fingerprint density at radius 1 is 0.654 bits per heavy atom. The van der Waals surface area contributed by atoms with E-state index in [1.807, 2.05) is 0 Å². The number of rotatable bonds is 12. The van der Waals surface area contributed by atoms with Crippen LogP contribution in [-0.4, -0.2) is 53.2 Å². The Kier molecular flexibility index (Phi) is 14.4. The molecular formula is C17H48N2O3Si4. The Hall–Kier alpha value is 0.668. The second kappa shape index (κ2) is 13.0. The highest BCUT2D eigenvalue weighted by Gasteiger charge is 2.39. The van der Waals surface area contributed by atoms with Crippen LogP contribution in [-0.2, 0) is 12.7 Å². The van der Waals surface area contributed by atoms with Crippen molar-refractivity contribution in [2.24, 2.45) is 11.5 Å². The van der Waals surface area contributed by atoms with Gasteiger partial charge in [-0.3, -0.25) is 0 Å². The van der Waals surface area contributed by atoms with Crippen molar-refractivity contribution in [2.75, 3.05) is 19.7 Å². The van der Waals surface area contributed by atoms with Crippen molar-refractivity contribution in [3.63, 3.8) is 0 Å². The van der Waals surface area contributed by atoms with Crippen LogP contribution in [0.4, 0.5) is 0 Å². The number of hydrogen-bond acceptors (Lipinski definition) is 5. The average Bonchev–Trinajstić information content (AvgIpc) is 2.39. The van der Waals surface area contributed by atoms with Gasteiger partial charge < -0.3 is 24.1 Å². The van der Waals surface area contributed by atoms with Crippen LogP contribution in [0.1, 0.15) is 19.8 Å². The minimum absolute atomic E-state index is 0.729. The lowest BCUT2D eigenvalue weighted by molar-refractivity contribution is 0.328. The molecule has 0 aliphatic heterocycles. The van der Waals surface area contributed by atoms with Crippen molar-refractivity contribution in [1.29, 1.82) is 0 Å². The van der Waals surface area contributed by atoms with Gasteiger partial charge in [0.05, 0.1) is 0 Å². The molecule has 26 heavy (non-hydrogen) atoms. The second-order valence-corrected chi connectivity index (χ2v) is 26.7. The van der Waals surface area contributed by atoms with Gasteiger partial charge in [-0.05, 0) is 104 Å². The van der Waals surface area contributed by atoms with E-state index in [-0.39, 0.29) is 0 Å². The fraction of sp³-hybridized carbons (Fsp3) is 1.00. The molecule has 0 bridgehead atoms. The Labute approximate surface area is 168 Å². The van der Waals surface area contributed by atoms with E-state index < -0.39 is 33.5 Å². The van der Waals surface area contributed by atoms with Crippen LogP contribution in [0.2, 0.25) is 71.0 Å². The summed E-state index contributed by atoms with van der Waals surface area (Å²) in [7, 11) is -6.35. The minimum atomic E-state index is -2.00. The molecule has 0 saturated carbocycles. The van der Waals surface area contributed by atoms with Gasteiger partial charge in [0, 0.05) is 6.61 Å². The van der Waals surface area contributed by atoms with Crippen molar-refractivity contribution >= 4 is 33.5 Å². The highest BCUT2D eigenvalue weighted by atomic mass is 28.5. The first kappa shape index (κ1) is 28.9. The quantitative estimate of drug-likeness (QED) is 0.430. The van der Waals surface area contributed by atoms with E-state index in [1.54, 1.807) is 0 Å². The third-order valence-electron chi connectivity index (χ3n) is 3.40. The zero-order valence-corrected chi connectivity index (χ0v) is 23.3. The summed E-state index contributed by atoms with van der Waals surface area (Å²) in [5, 5.41) is 0. The summed E-state index contributed by atoms with van der Waals surface area (Å²) in [5.74, 6) is 0. The van der Waals surface area contributed by atoms with E-state index in [9.17, 15) is 0 Å². The maximum atomic E-state index is 6.34. The summed E-state index contributed by atoms with van der Waals surface area (Å²) >= 11 is 0. The predicted molar refractivity (Wildman–Crippen MR) is 127 cm³/mol. The maximum absolute atomic E-state index is 6.34. The first-order valence-electron chi connectivity index (χ1n) is 10.0. The molecule has 0 aliphatic carbocycles. The van der Waals surface area contributed by atoms with Crippen LogP contribution in [0.3, 0.4) is 0 Å². The highest BCUT2D eigenvalue weighted by molar-refractivity contribution is 6.87. The van der Waals surface area contributed by atoms with Crippen LogP contribution in [0, 0.1) is 0 Å². The van der Waals surface area contributed by atoms with Gasteiger partial charge in [0.1, 0.15) is 0 Å². The predicted octanol–water partition coefficient (Wildman–Crippen LogP) is 4.69. The fourth-order valence-electron chi connectivity index (χ4n) is 2.83. The summed E-state index contributed by atoms with van der Waals surface area (Å²) in [6.45, 7) is 24.5. The van der Waals surface area contributed by atoms with E-state index in [2.05, 4.69) is 65.8 Å². The Morgan fingerprint density at radius 2 is 1.04 bits per heavy atom. The third kappa shape index (κ3) is 19.4. The Bertz CT molecular complexity index is 343. The molecule has 160 valence electrons. The summed E-state index contributed by atoms with van der Waals surface area (Å²) < 4.78 is 18.3. The van der Waals surface area contributed by atoms with Gasteiger partial charge in [-0.1, -0.05) is 0 Å². The normalized spacial score (nSPS) is 13.4. The number of nitrogens with two attached hydrogens (primary N) is 2. The lowest BCUT2D eigenvalue weighted by Crippen LogP contribution is -2.52. The van der Waals surface area contributed by atoms with Gasteiger partial charge in [0.25, 0.3) is 0 Å². The largest absolute Gasteiger partial charge is 0.437 e. The SMILES string of the molecule is CCO[Si](C)(C)CCCN.C[Si](C)(C)O[Si](C)(CCCN)O[Si](C)(C)C. The standard InChI is InChI=1S/C10H29NO2Si3.C7H19NOSi/c1-14(2,3)12-16(7,10-8-9-11)13-15(4,5)6;1-4-9-10(2,3)7-5-6-8/h8-11H2,1-7H3;4-8H2,1-3H3. The van der Waals surface area contributed by atoms with Crippen LogP contribution in [0.5, 0.6) is 0 Å². The molecule has 0 spiro atoms. The van der Waals surface area contributed by atoms with Crippen LogP contribution in [0.15, 0.2) is 0 Å². The Balaban J connectivity index is 0. The topological polar surface area (TPSA) is 79.7 Å². The van der Waals surface area contributed by atoms with Crippen LogP contribution < -0.4 is 11.5 Å². The molecule has 0 aromatic carbocycles. The fourth-order valence-corrected chi connectivity index (χ4v) is 17.4. The average molecular weight is 441 g/mol. The van der Waals surface area contributed by atoms with Crippen molar-refractivity contribution in [1.82, 2.24) is 0 Å². The van der Waals surface area contributed by atoms with Gasteiger partial charge in [0.15, 0.2) is 25.0 Å². The summed E-state index contributed by atoms with van der Waals surface area (Å²) in [4.78, 5) is 0. The second-order valence-electron chi connectivity index (χ2n) is 9.54. The molecule has 0 aromatic heterocycles. The van der Waals surface area contributed by atoms with E-state index in [0.29, 0.717) is 0 Å². The van der Waals surface area contributed by atoms with Crippen LogP contribution >= 0.6 is 0 Å². The molecule has 0 radical (unpaired) electrons. The molecule has 0 saturated heterocycles. The molecule has 0 fully saturated rings. The highest BCUT2D eigenvalue weighted by Crippen LogP contribution is 2.25. The molecule has 0 atom stereocenters. The zero-order valence-electron chi connectivity index (χ0n) is 19.3. The summed E-state index contributed by atoms with van der Waals surface area (Å²) in [5.41, 5.74) is 11.0. The van der Waals surface area contributed by atoms with Crippen molar-refractivity contribution < 1.29 is 12.7 Å². The molecule has 0 amide bonds. The molecule has 9 heteroatoms. The Morgan fingerprint density at radius 3 is 1.35 bits per heavy atom. The van der Waals surface area contributed by atoms with Gasteiger partial charge in [0.2, 0.25) is 0 Å². The van der Waals surface area contributed by atoms with Gasteiger partial charge in [-0.15, -0.1) is 0 Å². The van der Waals surface area contributed by atoms with Gasteiger partial charge in [-0.25, -0.2) is 0 Å². The number of hydrogen-bond donors (Lipinski definition) is 2. The monoisotopic (exact) mass is 440 g/mol.